The van der Waals surface area contributed by atoms with Gasteiger partial charge in [0.25, 0.3) is 5.56 Å². The molecule has 1 atom stereocenters. The Bertz CT molecular complexity index is 433. The molecular weight excluding hydrogens is 224 g/mol. The second-order valence-corrected chi connectivity index (χ2v) is 4.52. The molecule has 0 aliphatic rings. The van der Waals surface area contributed by atoms with Crippen molar-refractivity contribution in [1.82, 2.24) is 5.16 Å². The van der Waals surface area contributed by atoms with Crippen LogP contribution in [0.25, 0.3) is 0 Å². The predicted molar refractivity (Wildman–Crippen MR) is 61.8 cm³/mol. The van der Waals surface area contributed by atoms with E-state index < -0.39 is 12.0 Å². The van der Waals surface area contributed by atoms with Crippen LogP contribution in [0.2, 0.25) is 0 Å². The third-order valence-electron chi connectivity index (χ3n) is 2.57. The molecule has 0 amide bonds. The molecule has 0 aromatic carbocycles. The zero-order chi connectivity index (χ0) is 13.0. The van der Waals surface area contributed by atoms with Crippen LogP contribution >= 0.6 is 0 Å². The molecule has 1 aromatic heterocycles. The molecule has 0 aliphatic carbocycles. The third kappa shape index (κ3) is 3.74. The van der Waals surface area contributed by atoms with Gasteiger partial charge in [-0.3, -0.25) is 9.59 Å². The minimum atomic E-state index is -1.12. The summed E-state index contributed by atoms with van der Waals surface area (Å²) in [6, 6.07) is -1.08. The van der Waals surface area contributed by atoms with Crippen LogP contribution in [0, 0.1) is 5.92 Å². The first-order valence-electron chi connectivity index (χ1n) is 5.59. The summed E-state index contributed by atoms with van der Waals surface area (Å²) >= 11 is 0. The lowest BCUT2D eigenvalue weighted by Crippen LogP contribution is -2.34. The molecule has 96 valence electrons. The van der Waals surface area contributed by atoms with E-state index in [1.54, 1.807) is 0 Å². The zero-order valence-electron chi connectivity index (χ0n) is 10.0. The molecule has 6 nitrogen and oxygen atoms in total. The van der Waals surface area contributed by atoms with E-state index >= 15 is 0 Å². The van der Waals surface area contributed by atoms with Gasteiger partial charge in [-0.25, -0.2) is 0 Å². The normalized spacial score (nSPS) is 12.9. The number of carboxylic acids is 1. The Kier molecular flexibility index (Phi) is 4.51. The lowest BCUT2D eigenvalue weighted by atomic mass is 10.0. The van der Waals surface area contributed by atoms with Crippen LogP contribution in [-0.4, -0.2) is 22.3 Å². The predicted octanol–water partition coefficient (Wildman–Crippen LogP) is 0.511. The Morgan fingerprint density at radius 2 is 2.18 bits per heavy atom. The van der Waals surface area contributed by atoms with Gasteiger partial charge in [-0.15, -0.1) is 0 Å². The Morgan fingerprint density at radius 1 is 1.53 bits per heavy atom. The largest absolute Gasteiger partial charge is 0.480 e. The molecule has 6 heteroatoms. The highest BCUT2D eigenvalue weighted by molar-refractivity contribution is 5.73. The summed E-state index contributed by atoms with van der Waals surface area (Å²) in [6.07, 6.45) is 1.47. The first-order chi connectivity index (χ1) is 7.91. The highest BCUT2D eigenvalue weighted by atomic mass is 16.5. The molecule has 0 spiro atoms. The summed E-state index contributed by atoms with van der Waals surface area (Å²) in [7, 11) is 0. The number of carbonyl (C=O) groups is 1. The van der Waals surface area contributed by atoms with E-state index in [0.717, 1.165) is 6.42 Å². The van der Waals surface area contributed by atoms with E-state index in [2.05, 4.69) is 19.0 Å². The molecule has 0 bridgehead atoms. The van der Waals surface area contributed by atoms with Crippen molar-refractivity contribution in [2.75, 3.05) is 0 Å². The summed E-state index contributed by atoms with van der Waals surface area (Å²) < 4.78 is 5.04. The van der Waals surface area contributed by atoms with Gasteiger partial charge >= 0.3 is 5.97 Å². The molecule has 1 heterocycles. The number of nitrogens with two attached hydrogens (primary N) is 1. The Labute approximate surface area is 98.8 Å². The van der Waals surface area contributed by atoms with Crippen molar-refractivity contribution in [3.63, 3.8) is 0 Å². The van der Waals surface area contributed by atoms with Crippen molar-refractivity contribution < 1.29 is 14.4 Å². The number of hydrogen-bond donors (Lipinski definition) is 3. The van der Waals surface area contributed by atoms with Gasteiger partial charge in [-0.2, -0.15) is 5.16 Å². The van der Waals surface area contributed by atoms with Crippen molar-refractivity contribution >= 4 is 5.97 Å². The molecule has 0 saturated carbocycles. The molecule has 0 fully saturated rings. The summed E-state index contributed by atoms with van der Waals surface area (Å²) in [4.78, 5) is 22.1. The van der Waals surface area contributed by atoms with Gasteiger partial charge in [-0.1, -0.05) is 13.8 Å². The zero-order valence-corrected chi connectivity index (χ0v) is 10.0. The van der Waals surface area contributed by atoms with E-state index in [1.165, 1.54) is 0 Å². The van der Waals surface area contributed by atoms with Gasteiger partial charge in [0, 0.05) is 12.8 Å². The first kappa shape index (κ1) is 13.5. The molecule has 1 rings (SSSR count). The number of aromatic nitrogens is 1. The first-order valence-corrected chi connectivity index (χ1v) is 5.59. The van der Waals surface area contributed by atoms with Crippen LogP contribution in [0.4, 0.5) is 0 Å². The molecule has 0 saturated heterocycles. The van der Waals surface area contributed by atoms with E-state index in [-0.39, 0.29) is 12.0 Å². The summed E-state index contributed by atoms with van der Waals surface area (Å²) in [5.74, 6) is -0.128. The summed E-state index contributed by atoms with van der Waals surface area (Å²) in [6.45, 7) is 4.13. The summed E-state index contributed by atoms with van der Waals surface area (Å²) in [5.41, 5.74) is 5.37. The number of carboxylic acid groups (broad SMARTS) is 1. The lowest BCUT2D eigenvalue weighted by molar-refractivity contribution is -0.138. The summed E-state index contributed by atoms with van der Waals surface area (Å²) in [5, 5.41) is 10.9. The fourth-order valence-corrected chi connectivity index (χ4v) is 1.49. The second-order valence-electron chi connectivity index (χ2n) is 4.52. The van der Waals surface area contributed by atoms with Crippen LogP contribution in [0.15, 0.2) is 9.32 Å². The number of hydrogen-bond acceptors (Lipinski definition) is 4. The molecule has 0 radical (unpaired) electrons. The van der Waals surface area contributed by atoms with Gasteiger partial charge < -0.3 is 15.4 Å². The average molecular weight is 242 g/mol. The molecule has 4 N–H and O–H groups in total. The van der Waals surface area contributed by atoms with Crippen LogP contribution in [0.1, 0.15) is 31.6 Å². The Morgan fingerprint density at radius 3 is 2.71 bits per heavy atom. The van der Waals surface area contributed by atoms with Crippen molar-refractivity contribution in [3.8, 4) is 0 Å². The molecule has 1 unspecified atom stereocenters. The van der Waals surface area contributed by atoms with E-state index in [0.29, 0.717) is 23.7 Å². The maximum absolute atomic E-state index is 11.4. The van der Waals surface area contributed by atoms with E-state index in [9.17, 15) is 9.59 Å². The fraction of sp³-hybridized carbons (Fsp3) is 0.636. The topological polar surface area (TPSA) is 109 Å². The maximum Gasteiger partial charge on any atom is 0.320 e. The highest BCUT2D eigenvalue weighted by Crippen LogP contribution is 2.12. The van der Waals surface area contributed by atoms with E-state index in [1.807, 2.05) is 0 Å². The SMILES string of the molecule is CC(C)CCc1o[nH]c(=O)c1CC(N)C(=O)O. The van der Waals surface area contributed by atoms with Crippen LogP contribution in [0.3, 0.4) is 0 Å². The Hall–Kier alpha value is -1.56. The number of aryl methyl sites for hydroxylation is 1. The quantitative estimate of drug-likeness (QED) is 0.673. The Balaban J connectivity index is 2.79. The third-order valence-corrected chi connectivity index (χ3v) is 2.57. The lowest BCUT2D eigenvalue weighted by Gasteiger charge is -2.06. The monoisotopic (exact) mass is 242 g/mol. The van der Waals surface area contributed by atoms with Gasteiger partial charge in [0.2, 0.25) is 0 Å². The van der Waals surface area contributed by atoms with Gasteiger partial charge in [-0.05, 0) is 12.3 Å². The van der Waals surface area contributed by atoms with Gasteiger partial charge in [0.1, 0.15) is 11.8 Å². The van der Waals surface area contributed by atoms with Gasteiger partial charge in [0.05, 0.1) is 5.56 Å². The minimum Gasteiger partial charge on any atom is -0.480 e. The van der Waals surface area contributed by atoms with Gasteiger partial charge in [0.15, 0.2) is 0 Å². The standard InChI is InChI=1S/C11H18N2O4/c1-6(2)3-4-9-7(10(14)13-17-9)5-8(12)11(15)16/h6,8H,3-5,12H2,1-2H3,(H,13,14)(H,15,16). The average Bonchev–Trinajstić information content (AvgIpc) is 2.57. The highest BCUT2D eigenvalue weighted by Gasteiger charge is 2.20. The molecule has 17 heavy (non-hydrogen) atoms. The molecule has 1 aromatic rings. The van der Waals surface area contributed by atoms with Crippen LogP contribution < -0.4 is 11.3 Å². The second kappa shape index (κ2) is 5.67. The van der Waals surface area contributed by atoms with E-state index in [4.69, 9.17) is 15.4 Å². The number of H-pyrrole nitrogens is 1. The number of aromatic amines is 1. The smallest absolute Gasteiger partial charge is 0.320 e. The fourth-order valence-electron chi connectivity index (χ4n) is 1.49. The van der Waals surface area contributed by atoms with Crippen molar-refractivity contribution in [3.05, 3.63) is 21.7 Å². The number of aliphatic carboxylic acids is 1. The molecular formula is C11H18N2O4. The van der Waals surface area contributed by atoms with Crippen molar-refractivity contribution in [2.45, 2.75) is 39.2 Å². The number of rotatable bonds is 6. The number of nitrogens with one attached hydrogen (secondary N) is 1. The van der Waals surface area contributed by atoms with Crippen molar-refractivity contribution in [2.24, 2.45) is 11.7 Å². The minimum absolute atomic E-state index is 0.00536. The molecule has 0 aliphatic heterocycles. The van der Waals surface area contributed by atoms with Crippen molar-refractivity contribution in [1.29, 1.82) is 0 Å². The van der Waals surface area contributed by atoms with Crippen LogP contribution in [-0.2, 0) is 17.6 Å². The maximum atomic E-state index is 11.4. The van der Waals surface area contributed by atoms with Crippen LogP contribution in [0.5, 0.6) is 0 Å².